The van der Waals surface area contributed by atoms with Gasteiger partial charge in [-0.25, -0.2) is 15.0 Å². The minimum Gasteiger partial charge on any atom is -0.481 e. The molecule has 0 saturated heterocycles. The topological polar surface area (TPSA) is 119 Å². The molecule has 8 nitrogen and oxygen atoms in total. The fourth-order valence-electron chi connectivity index (χ4n) is 4.30. The van der Waals surface area contributed by atoms with Gasteiger partial charge in [0, 0.05) is 35.0 Å². The van der Waals surface area contributed by atoms with Gasteiger partial charge in [-0.05, 0) is 41.6 Å². The van der Waals surface area contributed by atoms with Crippen LogP contribution in [0, 0.1) is 5.92 Å². The molecule has 9 heteroatoms. The standard InChI is InChI=1S/C23H21BrN6O2/c24-18-19(13-6-8-15(9-7-13)23(31)32)29-22-17(12-28-30(22)20(18)25)16-10-26-21(27-11-16)14-4-2-1-3-5-14/h1-5,10-13,15H,6-9,25H2,(H,31,32). The van der Waals surface area contributed by atoms with Gasteiger partial charge in [0.2, 0.25) is 0 Å². The zero-order valence-corrected chi connectivity index (χ0v) is 18.7. The number of hydrogen-bond acceptors (Lipinski definition) is 6. The molecule has 1 aromatic carbocycles. The Morgan fingerprint density at radius 2 is 1.72 bits per heavy atom. The lowest BCUT2D eigenvalue weighted by molar-refractivity contribution is -0.142. The van der Waals surface area contributed by atoms with Gasteiger partial charge in [0.1, 0.15) is 5.82 Å². The van der Waals surface area contributed by atoms with Gasteiger partial charge in [0.05, 0.1) is 22.3 Å². The van der Waals surface area contributed by atoms with Crippen LogP contribution in [0.2, 0.25) is 0 Å². The summed E-state index contributed by atoms with van der Waals surface area (Å²) in [7, 11) is 0. The minimum absolute atomic E-state index is 0.145. The number of rotatable bonds is 4. The number of nitrogens with zero attached hydrogens (tertiary/aromatic N) is 5. The van der Waals surface area contributed by atoms with E-state index in [4.69, 9.17) is 10.7 Å². The van der Waals surface area contributed by atoms with Crippen molar-refractivity contribution in [2.45, 2.75) is 31.6 Å². The zero-order chi connectivity index (χ0) is 22.2. The smallest absolute Gasteiger partial charge is 0.306 e. The molecule has 0 bridgehead atoms. The number of benzene rings is 1. The number of aliphatic carboxylic acids is 1. The number of hydrogen-bond donors (Lipinski definition) is 2. The number of aromatic nitrogens is 5. The van der Waals surface area contributed by atoms with Crippen LogP contribution in [-0.4, -0.2) is 35.6 Å². The highest BCUT2D eigenvalue weighted by atomic mass is 79.9. The van der Waals surface area contributed by atoms with E-state index < -0.39 is 5.97 Å². The molecule has 1 aliphatic carbocycles. The van der Waals surface area contributed by atoms with Crippen molar-refractivity contribution < 1.29 is 9.90 Å². The van der Waals surface area contributed by atoms with Crippen molar-refractivity contribution in [3.63, 3.8) is 0 Å². The van der Waals surface area contributed by atoms with Gasteiger partial charge in [-0.2, -0.15) is 9.61 Å². The average Bonchev–Trinajstić information content (AvgIpc) is 3.26. The molecule has 0 unspecified atom stereocenters. The largest absolute Gasteiger partial charge is 0.481 e. The second-order valence-corrected chi connectivity index (χ2v) is 8.83. The lowest BCUT2D eigenvalue weighted by Crippen LogP contribution is -2.21. The fraction of sp³-hybridized carbons (Fsp3) is 0.261. The molecule has 4 aromatic rings. The summed E-state index contributed by atoms with van der Waals surface area (Å²) in [6, 6.07) is 9.80. The Balaban J connectivity index is 1.51. The molecule has 0 spiro atoms. The number of nitrogens with two attached hydrogens (primary N) is 1. The molecule has 1 saturated carbocycles. The molecule has 0 radical (unpaired) electrons. The number of carbonyl (C=O) groups is 1. The molecule has 0 atom stereocenters. The summed E-state index contributed by atoms with van der Waals surface area (Å²) >= 11 is 3.59. The SMILES string of the molecule is Nc1c(Br)c(C2CCC(C(=O)O)CC2)nc2c(-c3cnc(-c4ccccc4)nc3)cnn12. The van der Waals surface area contributed by atoms with Crippen molar-refractivity contribution >= 4 is 33.4 Å². The Labute approximate surface area is 192 Å². The monoisotopic (exact) mass is 492 g/mol. The summed E-state index contributed by atoms with van der Waals surface area (Å²) in [5.41, 5.74) is 10.4. The van der Waals surface area contributed by atoms with Crippen LogP contribution in [-0.2, 0) is 4.79 Å². The second-order valence-electron chi connectivity index (χ2n) is 8.04. The summed E-state index contributed by atoms with van der Waals surface area (Å²) in [6.45, 7) is 0. The van der Waals surface area contributed by atoms with E-state index in [0.29, 0.717) is 34.6 Å². The van der Waals surface area contributed by atoms with E-state index in [1.165, 1.54) is 0 Å². The van der Waals surface area contributed by atoms with E-state index in [0.717, 1.165) is 35.2 Å². The van der Waals surface area contributed by atoms with E-state index in [-0.39, 0.29) is 11.8 Å². The normalized spacial score (nSPS) is 18.7. The molecule has 1 aliphatic rings. The van der Waals surface area contributed by atoms with Crippen LogP contribution in [0.25, 0.3) is 28.2 Å². The van der Waals surface area contributed by atoms with Crippen molar-refractivity contribution in [1.82, 2.24) is 24.6 Å². The third kappa shape index (κ3) is 3.62. The number of carboxylic acid groups (broad SMARTS) is 1. The molecule has 0 aliphatic heterocycles. The Morgan fingerprint density at radius 1 is 1.03 bits per heavy atom. The lowest BCUT2D eigenvalue weighted by Gasteiger charge is -2.26. The van der Waals surface area contributed by atoms with Crippen LogP contribution < -0.4 is 5.73 Å². The van der Waals surface area contributed by atoms with Crippen LogP contribution in [0.1, 0.15) is 37.3 Å². The highest BCUT2D eigenvalue weighted by molar-refractivity contribution is 9.10. The first kappa shape index (κ1) is 20.6. The Hall–Kier alpha value is -3.33. The lowest BCUT2D eigenvalue weighted by atomic mass is 9.80. The van der Waals surface area contributed by atoms with Gasteiger partial charge in [0.15, 0.2) is 11.5 Å². The van der Waals surface area contributed by atoms with E-state index in [2.05, 4.69) is 31.0 Å². The molecule has 0 amide bonds. The molecule has 162 valence electrons. The first-order valence-corrected chi connectivity index (χ1v) is 11.3. The molecule has 1 fully saturated rings. The van der Waals surface area contributed by atoms with Gasteiger partial charge in [0.25, 0.3) is 0 Å². The number of carboxylic acids is 1. The van der Waals surface area contributed by atoms with Crippen molar-refractivity contribution in [2.75, 3.05) is 5.73 Å². The van der Waals surface area contributed by atoms with Crippen molar-refractivity contribution in [3.8, 4) is 22.5 Å². The fourth-order valence-corrected chi connectivity index (χ4v) is 4.88. The summed E-state index contributed by atoms with van der Waals surface area (Å²) in [6.07, 6.45) is 8.05. The van der Waals surface area contributed by atoms with Crippen LogP contribution in [0.4, 0.5) is 5.82 Å². The summed E-state index contributed by atoms with van der Waals surface area (Å²) in [4.78, 5) is 25.3. The summed E-state index contributed by atoms with van der Waals surface area (Å²) < 4.78 is 2.32. The number of halogens is 1. The van der Waals surface area contributed by atoms with Gasteiger partial charge in [-0.15, -0.1) is 0 Å². The molecular formula is C23H21BrN6O2. The summed E-state index contributed by atoms with van der Waals surface area (Å²) in [5.74, 6) is 0.265. The Morgan fingerprint density at radius 3 is 2.38 bits per heavy atom. The maximum Gasteiger partial charge on any atom is 0.306 e. The third-order valence-corrected chi connectivity index (χ3v) is 6.92. The van der Waals surface area contributed by atoms with E-state index in [1.807, 2.05) is 30.3 Å². The molecular weight excluding hydrogens is 472 g/mol. The maximum atomic E-state index is 11.3. The number of fused-ring (bicyclic) bond motifs is 1. The molecule has 5 rings (SSSR count). The molecule has 3 N–H and O–H groups in total. The highest BCUT2D eigenvalue weighted by Crippen LogP contribution is 2.40. The predicted octanol–water partition coefficient (Wildman–Crippen LogP) is 4.56. The van der Waals surface area contributed by atoms with E-state index in [1.54, 1.807) is 23.1 Å². The Kier molecular flexibility index (Phi) is 5.34. The average molecular weight is 493 g/mol. The highest BCUT2D eigenvalue weighted by Gasteiger charge is 2.30. The van der Waals surface area contributed by atoms with Crippen LogP contribution in [0.15, 0.2) is 53.4 Å². The van der Waals surface area contributed by atoms with Gasteiger partial charge in [-0.1, -0.05) is 30.3 Å². The second kappa shape index (κ2) is 8.31. The quantitative estimate of drug-likeness (QED) is 0.428. The number of nitrogen functional groups attached to an aromatic ring is 1. The van der Waals surface area contributed by atoms with Crippen molar-refractivity contribution in [3.05, 3.63) is 59.1 Å². The minimum atomic E-state index is -0.720. The molecule has 3 heterocycles. The van der Waals surface area contributed by atoms with Crippen LogP contribution in [0.5, 0.6) is 0 Å². The van der Waals surface area contributed by atoms with E-state index in [9.17, 15) is 9.90 Å². The van der Waals surface area contributed by atoms with Crippen molar-refractivity contribution in [2.24, 2.45) is 5.92 Å². The zero-order valence-electron chi connectivity index (χ0n) is 17.1. The van der Waals surface area contributed by atoms with Gasteiger partial charge >= 0.3 is 5.97 Å². The maximum absolute atomic E-state index is 11.3. The van der Waals surface area contributed by atoms with Gasteiger partial charge in [-0.3, -0.25) is 4.79 Å². The molecule has 32 heavy (non-hydrogen) atoms. The molecule has 3 aromatic heterocycles. The van der Waals surface area contributed by atoms with E-state index >= 15 is 0 Å². The van der Waals surface area contributed by atoms with Crippen molar-refractivity contribution in [1.29, 1.82) is 0 Å². The summed E-state index contributed by atoms with van der Waals surface area (Å²) in [5, 5.41) is 13.7. The Bertz CT molecular complexity index is 1280. The third-order valence-electron chi connectivity index (χ3n) is 6.11. The number of anilines is 1. The first-order valence-electron chi connectivity index (χ1n) is 10.5. The predicted molar refractivity (Wildman–Crippen MR) is 124 cm³/mol. The first-order chi connectivity index (χ1) is 15.5. The van der Waals surface area contributed by atoms with Crippen LogP contribution >= 0.6 is 15.9 Å². The van der Waals surface area contributed by atoms with Gasteiger partial charge < -0.3 is 10.8 Å². The van der Waals surface area contributed by atoms with Crippen LogP contribution in [0.3, 0.4) is 0 Å².